The summed E-state index contributed by atoms with van der Waals surface area (Å²) in [4.78, 5) is 0. The molecule has 2 fully saturated rings. The van der Waals surface area contributed by atoms with E-state index in [1.54, 1.807) is 0 Å². The third-order valence-electron chi connectivity index (χ3n) is 5.35. The molecule has 0 aromatic rings. The molecule has 2 heterocycles. The van der Waals surface area contributed by atoms with Gasteiger partial charge in [-0.05, 0) is 0 Å². The molecule has 0 unspecified atom stereocenters. The first-order valence-corrected chi connectivity index (χ1v) is 22.4. The molecule has 0 aromatic heterocycles. The summed E-state index contributed by atoms with van der Waals surface area (Å²) in [6.07, 6.45) is -28.8. The second-order valence-corrected chi connectivity index (χ2v) is 17.3. The van der Waals surface area contributed by atoms with Crippen molar-refractivity contribution in [1.82, 2.24) is 0 Å². The number of rotatable bonds is 20. The minimum Gasteiger partial charge on any atom is -1.00 e. The average molecular weight is 2110 g/mol. The number of hydrogen-bond donors (Lipinski definition) is 0. The third-order valence-corrected chi connectivity index (χ3v) is 8.89. The minimum atomic E-state index is -6.63. The highest BCUT2D eigenvalue weighted by atomic mass is 32.3. The van der Waals surface area contributed by atoms with Crippen LogP contribution in [0.2, 0.25) is 0 Å². The maximum absolute atomic E-state index is 11.6. The van der Waals surface area contributed by atoms with Gasteiger partial charge in [0, 0.05) is 139 Å². The van der Waals surface area contributed by atoms with E-state index in [1.165, 1.54) is 0 Å². The Morgan fingerprint density at radius 1 is 0.236 bits per heavy atom. The topological polar surface area (TPSA) is 1820 Å². The normalized spacial score (nSPS) is 15.2. The average Bonchev–Trinajstić information content (AvgIpc) is 3.10. The molecule has 0 spiro atoms. The van der Waals surface area contributed by atoms with Crippen molar-refractivity contribution in [3.05, 3.63) is 0 Å². The van der Waals surface area contributed by atoms with Crippen molar-refractivity contribution in [3.63, 3.8) is 0 Å². The van der Waals surface area contributed by atoms with Crippen molar-refractivity contribution in [1.29, 1.82) is 0 Å². The lowest BCUT2D eigenvalue weighted by Gasteiger charge is -2.47. The predicted molar refractivity (Wildman–Crippen MR) is 369 cm³/mol. The second kappa shape index (κ2) is 159. The highest BCUT2D eigenvalue weighted by Gasteiger charge is 2.65. The van der Waals surface area contributed by atoms with Gasteiger partial charge in [-0.15, -0.1) is 0 Å². The summed E-state index contributed by atoms with van der Waals surface area (Å²) >= 11 is 0. The molecule has 110 heavy (non-hydrogen) atoms. The van der Waals surface area contributed by atoms with E-state index in [4.69, 9.17) is 9.47 Å². The SMILES string of the molecule is O.O.O.O.O.O.O.O.O.O.O.O.O.O.O.O.O.O.O.O.O.O.O.O.O.O.O.O.O.O.O.O.O.O.O.O.O.O.O.O.O=S(=O)([O-])OC[C@H]1O[C@@H](O[C@]2(COS(=O)(=O)[O-])O[C@H](OS(=O)(=O)[O-])[C@@H](OS(=O)(=O)[O-])[C@@H]2OS(=O)(=O)[O-])[C@H](OS(=O)(=O)[O-])[C@@H](OS(=O)(=O)[O-])[C@@H]1OS(=O)(=O)[O-].[Al-].[Al-].[Al-].[Al-].[Al-].[Al-].[Al-].[Al-].[Al].[Al].[Al].[Al].[Al].[Al].[Al].[Al]. The molecule has 0 amide bonds. The van der Waals surface area contributed by atoms with Crippen molar-refractivity contribution < 1.29 is 370 Å². The van der Waals surface area contributed by atoms with Crippen LogP contribution in [-0.2, 0) is 131 Å². The molecule has 9 atom stereocenters. The molecular weight excluding hydrogens is 2020 g/mol. The molecule has 0 aromatic carbocycles. The van der Waals surface area contributed by atoms with Crippen LogP contribution < -0.4 is 0 Å². The Bertz CT molecular complexity index is 2340. The van der Waals surface area contributed by atoms with E-state index in [2.05, 4.69) is 38.2 Å². The number of hydrogen-bond acceptors (Lipinski definition) is 35. The molecule has 99 heteroatoms. The Labute approximate surface area is 791 Å². The molecular formula is C11H92Al16O75S8-16. The molecule has 2 rings (SSSR count). The zero-order valence-corrected chi connectivity index (χ0v) is 78.3. The van der Waals surface area contributed by atoms with Gasteiger partial charge in [0.1, 0.15) is 24.9 Å². The van der Waals surface area contributed by atoms with Gasteiger partial charge in [0.15, 0.2) is 24.6 Å². The first kappa shape index (κ1) is 413. The lowest BCUT2D eigenvalue weighted by atomic mass is 9.99. The van der Waals surface area contributed by atoms with E-state index in [9.17, 15) is 104 Å². The highest BCUT2D eigenvalue weighted by Crippen LogP contribution is 2.43. The van der Waals surface area contributed by atoms with Gasteiger partial charge in [0.2, 0.25) is 95.3 Å². The van der Waals surface area contributed by atoms with Crippen molar-refractivity contribution in [2.75, 3.05) is 13.2 Å². The summed E-state index contributed by atoms with van der Waals surface area (Å²) in [5.41, 5.74) is 0. The fraction of sp³-hybridized carbons (Fsp3) is 1.00. The smallest absolute Gasteiger partial charge is 0.229 e. The third kappa shape index (κ3) is 168. The standard InChI is InChI=1S/C11H20O35S8.16Al.40H2O/c12-47(13,14)36-1-3-4(41-49(18,19)20)5(42-50(21,22)23)6(43-51(24,25)26)9(38-3)39-11(2-37-48(15,16)17)8(45-53(30,31)32)7(44-52(27,28)29)10(40-11)46-54(33,34)35;;;;;;;;;;;;;;;;;;;;;;;;;;;;;;;;;;;;;;;;;;;;;;;;;;;;;;;;/h3-10H,1-2H2,(H,12,13,14)(H,15,16,17)(H,18,19,20)(H,21,22,23)(H,24,25,26)(H,27,28,29)(H,30,31,32)(H,33,34,35);;;;;;;;;;;;;;;;;40*1H2/q;;;;;;;;;8*-1;;;;;;;;;;;;;;;;;;;;;;;;;;;;;;;;;;;;;;;;/p-8/t3-,4-,5+,6-,7+,8+,9+,10-,11-;;;;;;;;;;;;;;;;;;;;;;;;;;;;;;;;;;;;;;;;;;;;;;;;;;;;;;;;/m1......................................................../s1. The van der Waals surface area contributed by atoms with E-state index in [0.29, 0.717) is 0 Å². The van der Waals surface area contributed by atoms with Gasteiger partial charge in [0.05, 0.1) is 6.61 Å². The molecule has 0 aliphatic carbocycles. The molecule has 0 saturated carbocycles. The van der Waals surface area contributed by atoms with Gasteiger partial charge in [-0.1, -0.05) is 0 Å². The van der Waals surface area contributed by atoms with Crippen LogP contribution in [0.1, 0.15) is 0 Å². The maximum atomic E-state index is 11.6. The van der Waals surface area contributed by atoms with Crippen molar-refractivity contribution in [2.24, 2.45) is 0 Å². The molecule has 56 radical (unpaired) electrons. The van der Waals surface area contributed by atoms with Crippen molar-refractivity contribution in [2.45, 2.75) is 55.0 Å². The van der Waals surface area contributed by atoms with E-state index >= 15 is 0 Å². The summed E-state index contributed by atoms with van der Waals surface area (Å²) in [6, 6.07) is 0. The van der Waals surface area contributed by atoms with Crippen molar-refractivity contribution >= 4 is 361 Å². The van der Waals surface area contributed by atoms with Gasteiger partial charge >= 0.3 is 0 Å². The quantitative estimate of drug-likeness (QED) is 0.0620. The van der Waals surface area contributed by atoms with Crippen LogP contribution in [0.5, 0.6) is 0 Å². The largest absolute Gasteiger partial charge is 1.00 e. The van der Waals surface area contributed by atoms with Crippen LogP contribution in [0.4, 0.5) is 0 Å². The van der Waals surface area contributed by atoms with Gasteiger partial charge in [-0.25, -0.2) is 71.5 Å². The van der Waals surface area contributed by atoms with Crippen LogP contribution in [0, 0.1) is 0 Å². The van der Waals surface area contributed by atoms with Gasteiger partial charge in [0.25, 0.3) is 0 Å². The molecule has 698 valence electrons. The Hall–Kier alpha value is 5.76. The lowest BCUT2D eigenvalue weighted by molar-refractivity contribution is -0.380. The van der Waals surface area contributed by atoms with Crippen LogP contribution in [0.3, 0.4) is 0 Å². The maximum Gasteiger partial charge on any atom is 0.229 e. The van der Waals surface area contributed by atoms with Crippen LogP contribution in [-0.4, -0.2) is 669 Å². The summed E-state index contributed by atoms with van der Waals surface area (Å²) in [5, 5.41) is 0. The zero-order chi connectivity index (χ0) is 42.3. The van der Waals surface area contributed by atoms with Gasteiger partial charge in [-0.2, -0.15) is 0 Å². The van der Waals surface area contributed by atoms with Gasteiger partial charge < -0.3 is 409 Å². The summed E-state index contributed by atoms with van der Waals surface area (Å²) in [5.74, 6) is -4.46. The zero-order valence-electron chi connectivity index (χ0n) is 53.3. The first-order chi connectivity index (χ1) is 23.7. The van der Waals surface area contributed by atoms with Crippen LogP contribution in [0.25, 0.3) is 0 Å². The minimum absolute atomic E-state index is 0. The lowest BCUT2D eigenvalue weighted by Crippen LogP contribution is -2.65. The Kier molecular flexibility index (Phi) is 596. The van der Waals surface area contributed by atoms with E-state index < -0.39 is 151 Å². The number of ether oxygens (including phenoxy) is 3. The van der Waals surface area contributed by atoms with E-state index in [1.807, 2.05) is 0 Å². The molecule has 80 N–H and O–H groups in total. The van der Waals surface area contributed by atoms with Crippen LogP contribution in [0.15, 0.2) is 0 Å². The van der Waals surface area contributed by atoms with Crippen molar-refractivity contribution in [3.8, 4) is 0 Å². The first-order valence-electron chi connectivity index (χ1n) is 11.7. The van der Waals surface area contributed by atoms with E-state index in [0.717, 1.165) is 0 Å². The Morgan fingerprint density at radius 3 is 0.627 bits per heavy atom. The molecule has 2 aliphatic heterocycles. The molecule has 2 saturated heterocycles. The second-order valence-electron chi connectivity index (χ2n) is 9.13. The monoisotopic (exact) mass is 2110 g/mol. The Morgan fingerprint density at radius 2 is 0.427 bits per heavy atom. The summed E-state index contributed by atoms with van der Waals surface area (Å²) in [6.45, 7) is -4.79. The van der Waals surface area contributed by atoms with E-state index in [-0.39, 0.29) is 497 Å². The summed E-state index contributed by atoms with van der Waals surface area (Å²) in [7, 11) is -51.5. The fourth-order valence-corrected chi connectivity index (χ4v) is 7.43. The highest BCUT2D eigenvalue weighted by molar-refractivity contribution is 7.82. The molecule has 2 aliphatic rings. The predicted octanol–water partition coefficient (Wildman–Crippen LogP) is -48.6. The summed E-state index contributed by atoms with van der Waals surface area (Å²) < 4.78 is 318. The molecule has 75 nitrogen and oxygen atoms in total. The van der Waals surface area contributed by atoms with Crippen LogP contribution >= 0.6 is 0 Å². The molecule has 0 bridgehead atoms. The fourth-order valence-electron chi connectivity index (χ4n) is 3.99. The Balaban J connectivity index is -0.0000000102. The van der Waals surface area contributed by atoms with Gasteiger partial charge in [-0.3, -0.25) is 29.3 Å².